The van der Waals surface area contributed by atoms with Gasteiger partial charge in [-0.15, -0.1) is 0 Å². The Morgan fingerprint density at radius 3 is 2.69 bits per heavy atom. The number of rotatable bonds is 8. The molecule has 0 radical (unpaired) electrons. The number of nitrogens with one attached hydrogen (secondary N) is 2. The molecule has 26 heavy (non-hydrogen) atoms. The first-order valence-corrected chi connectivity index (χ1v) is 8.60. The standard InChI is InChI=1S/C19H21N3O4/c1-2-26-12-14-5-3-4-6-16(14)21-19(23)13-7-10-17(20-15-8-9-15)18(11-13)22(24)25/h3-7,10-11,15,20H,2,8-9,12H2,1H3,(H,21,23). The maximum Gasteiger partial charge on any atom is 0.293 e. The van der Waals surface area contributed by atoms with Gasteiger partial charge in [0.25, 0.3) is 11.6 Å². The highest BCUT2D eigenvalue weighted by molar-refractivity contribution is 6.05. The molecular weight excluding hydrogens is 334 g/mol. The lowest BCUT2D eigenvalue weighted by atomic mass is 10.1. The highest BCUT2D eigenvalue weighted by Crippen LogP contribution is 2.31. The number of anilines is 2. The van der Waals surface area contributed by atoms with E-state index in [-0.39, 0.29) is 11.3 Å². The molecule has 1 saturated carbocycles. The summed E-state index contributed by atoms with van der Waals surface area (Å²) in [5.41, 5.74) is 2.08. The van der Waals surface area contributed by atoms with Gasteiger partial charge in [0.2, 0.25) is 0 Å². The Labute approximate surface area is 151 Å². The lowest BCUT2D eigenvalue weighted by Crippen LogP contribution is -2.14. The Hall–Kier alpha value is -2.93. The summed E-state index contributed by atoms with van der Waals surface area (Å²) in [4.78, 5) is 23.4. The quantitative estimate of drug-likeness (QED) is 0.552. The predicted molar refractivity (Wildman–Crippen MR) is 99.5 cm³/mol. The lowest BCUT2D eigenvalue weighted by molar-refractivity contribution is -0.384. The summed E-state index contributed by atoms with van der Waals surface area (Å²) in [5, 5.41) is 17.3. The smallest absolute Gasteiger partial charge is 0.293 e. The number of ether oxygens (including phenoxy) is 1. The van der Waals surface area contributed by atoms with Crippen LogP contribution in [0.25, 0.3) is 0 Å². The van der Waals surface area contributed by atoms with Crippen LogP contribution >= 0.6 is 0 Å². The van der Waals surface area contributed by atoms with E-state index in [2.05, 4.69) is 10.6 Å². The molecule has 7 nitrogen and oxygen atoms in total. The Bertz CT molecular complexity index is 818. The zero-order valence-corrected chi connectivity index (χ0v) is 14.5. The SMILES string of the molecule is CCOCc1ccccc1NC(=O)c1ccc(NC2CC2)c([N+](=O)[O-])c1. The van der Waals surface area contributed by atoms with Gasteiger partial charge in [0.05, 0.1) is 11.5 Å². The topological polar surface area (TPSA) is 93.5 Å². The molecule has 0 bridgehead atoms. The van der Waals surface area contributed by atoms with E-state index in [4.69, 9.17) is 4.74 Å². The van der Waals surface area contributed by atoms with Crippen LogP contribution < -0.4 is 10.6 Å². The van der Waals surface area contributed by atoms with Crippen molar-refractivity contribution in [3.05, 3.63) is 63.7 Å². The number of carbonyl (C=O) groups is 1. The summed E-state index contributed by atoms with van der Waals surface area (Å²) in [7, 11) is 0. The third-order valence-corrected chi connectivity index (χ3v) is 4.12. The third kappa shape index (κ3) is 4.37. The second-order valence-electron chi connectivity index (χ2n) is 6.16. The van der Waals surface area contributed by atoms with Crippen LogP contribution in [-0.4, -0.2) is 23.5 Å². The highest BCUT2D eigenvalue weighted by atomic mass is 16.6. The molecular formula is C19H21N3O4. The molecule has 7 heteroatoms. The summed E-state index contributed by atoms with van der Waals surface area (Å²) >= 11 is 0. The Balaban J connectivity index is 1.79. The number of carbonyl (C=O) groups excluding carboxylic acids is 1. The van der Waals surface area contributed by atoms with Crippen molar-refractivity contribution in [2.24, 2.45) is 0 Å². The van der Waals surface area contributed by atoms with Gasteiger partial charge in [0.15, 0.2) is 0 Å². The van der Waals surface area contributed by atoms with Gasteiger partial charge in [-0.05, 0) is 38.0 Å². The minimum Gasteiger partial charge on any atom is -0.377 e. The van der Waals surface area contributed by atoms with E-state index < -0.39 is 10.8 Å². The molecule has 1 fully saturated rings. The van der Waals surface area contributed by atoms with Crippen LogP contribution in [0.2, 0.25) is 0 Å². The number of nitro benzene ring substituents is 1. The molecule has 0 unspecified atom stereocenters. The predicted octanol–water partition coefficient (Wildman–Crippen LogP) is 3.96. The van der Waals surface area contributed by atoms with Crippen molar-refractivity contribution in [2.45, 2.75) is 32.4 Å². The molecule has 1 aliphatic rings. The van der Waals surface area contributed by atoms with E-state index in [0.29, 0.717) is 30.6 Å². The minimum atomic E-state index is -0.468. The van der Waals surface area contributed by atoms with Crippen molar-refractivity contribution >= 4 is 23.0 Å². The fourth-order valence-electron chi connectivity index (χ4n) is 2.57. The average molecular weight is 355 g/mol. The van der Waals surface area contributed by atoms with Crippen LogP contribution in [0.5, 0.6) is 0 Å². The van der Waals surface area contributed by atoms with Crippen LogP contribution in [0.1, 0.15) is 35.7 Å². The van der Waals surface area contributed by atoms with Gasteiger partial charge in [0.1, 0.15) is 5.69 Å². The van der Waals surface area contributed by atoms with Gasteiger partial charge in [0, 0.05) is 35.5 Å². The molecule has 0 atom stereocenters. The van der Waals surface area contributed by atoms with Crippen molar-refractivity contribution < 1.29 is 14.5 Å². The summed E-state index contributed by atoms with van der Waals surface area (Å²) in [6.45, 7) is 2.86. The van der Waals surface area contributed by atoms with Crippen LogP contribution in [-0.2, 0) is 11.3 Å². The van der Waals surface area contributed by atoms with Crippen molar-refractivity contribution in [2.75, 3.05) is 17.2 Å². The molecule has 0 spiro atoms. The second-order valence-corrected chi connectivity index (χ2v) is 6.16. The fraction of sp³-hybridized carbons (Fsp3) is 0.316. The number of benzene rings is 2. The summed E-state index contributed by atoms with van der Waals surface area (Å²) in [5.74, 6) is -0.393. The number of hydrogen-bond acceptors (Lipinski definition) is 5. The number of nitrogens with zero attached hydrogens (tertiary/aromatic N) is 1. The number of amides is 1. The first kappa shape index (κ1) is 17.9. The molecule has 3 rings (SSSR count). The van der Waals surface area contributed by atoms with Gasteiger partial charge in [-0.1, -0.05) is 18.2 Å². The molecule has 2 aromatic carbocycles. The van der Waals surface area contributed by atoms with Crippen molar-refractivity contribution in [1.29, 1.82) is 0 Å². The largest absolute Gasteiger partial charge is 0.377 e. The summed E-state index contributed by atoms with van der Waals surface area (Å²) in [6.07, 6.45) is 2.02. The van der Waals surface area contributed by atoms with E-state index in [1.54, 1.807) is 18.2 Å². The Morgan fingerprint density at radius 1 is 1.23 bits per heavy atom. The number of para-hydroxylation sites is 1. The van der Waals surface area contributed by atoms with Gasteiger partial charge >= 0.3 is 0 Å². The van der Waals surface area contributed by atoms with E-state index in [9.17, 15) is 14.9 Å². The highest BCUT2D eigenvalue weighted by Gasteiger charge is 2.25. The van der Waals surface area contributed by atoms with Gasteiger partial charge < -0.3 is 15.4 Å². The Kier molecular flexibility index (Phi) is 5.48. The maximum atomic E-state index is 12.6. The Morgan fingerprint density at radius 2 is 2.00 bits per heavy atom. The molecule has 0 heterocycles. The van der Waals surface area contributed by atoms with Crippen molar-refractivity contribution in [3.8, 4) is 0 Å². The van der Waals surface area contributed by atoms with Crippen molar-refractivity contribution in [3.63, 3.8) is 0 Å². The van der Waals surface area contributed by atoms with Crippen LogP contribution in [0.4, 0.5) is 17.1 Å². The molecule has 2 aromatic rings. The van der Waals surface area contributed by atoms with Gasteiger partial charge in [-0.3, -0.25) is 14.9 Å². The normalized spacial score (nSPS) is 13.3. The monoisotopic (exact) mass is 355 g/mol. The molecule has 0 aliphatic heterocycles. The number of hydrogen-bond donors (Lipinski definition) is 2. The third-order valence-electron chi connectivity index (χ3n) is 4.12. The average Bonchev–Trinajstić information content (AvgIpc) is 3.45. The molecule has 1 amide bonds. The lowest BCUT2D eigenvalue weighted by Gasteiger charge is -2.12. The molecule has 136 valence electrons. The first-order chi connectivity index (χ1) is 12.6. The van der Waals surface area contributed by atoms with E-state index in [0.717, 1.165) is 18.4 Å². The zero-order valence-electron chi connectivity index (χ0n) is 14.5. The minimum absolute atomic E-state index is 0.0906. The zero-order chi connectivity index (χ0) is 18.5. The van der Waals surface area contributed by atoms with Crippen molar-refractivity contribution in [1.82, 2.24) is 0 Å². The molecule has 0 aromatic heterocycles. The van der Waals surface area contributed by atoms with E-state index >= 15 is 0 Å². The van der Waals surface area contributed by atoms with E-state index in [1.165, 1.54) is 6.07 Å². The van der Waals surface area contributed by atoms with Gasteiger partial charge in [-0.2, -0.15) is 0 Å². The van der Waals surface area contributed by atoms with Gasteiger partial charge in [-0.25, -0.2) is 0 Å². The van der Waals surface area contributed by atoms with E-state index in [1.807, 2.05) is 25.1 Å². The summed E-state index contributed by atoms with van der Waals surface area (Å²) in [6, 6.07) is 12.1. The maximum absolute atomic E-state index is 12.6. The fourth-order valence-corrected chi connectivity index (χ4v) is 2.57. The van der Waals surface area contributed by atoms with Crippen LogP contribution in [0, 0.1) is 10.1 Å². The molecule has 2 N–H and O–H groups in total. The second kappa shape index (κ2) is 7.97. The first-order valence-electron chi connectivity index (χ1n) is 8.60. The summed E-state index contributed by atoms with van der Waals surface area (Å²) < 4.78 is 5.41. The van der Waals surface area contributed by atoms with Crippen LogP contribution in [0.3, 0.4) is 0 Å². The molecule has 1 aliphatic carbocycles. The molecule has 0 saturated heterocycles. The van der Waals surface area contributed by atoms with Crippen LogP contribution in [0.15, 0.2) is 42.5 Å². The number of nitro groups is 1.